The Morgan fingerprint density at radius 2 is 1.92 bits per heavy atom. The number of thiophene rings is 1. The lowest BCUT2D eigenvalue weighted by Gasteiger charge is -2.11. The Labute approximate surface area is 160 Å². The van der Waals surface area contributed by atoms with Gasteiger partial charge in [-0.05, 0) is 51.2 Å². The van der Waals surface area contributed by atoms with Crippen LogP contribution in [0.4, 0.5) is 5.00 Å². The number of hydrogen-bond donors (Lipinski definition) is 1. The molecule has 1 amide bonds. The Bertz CT molecular complexity index is 828. The zero-order chi connectivity index (χ0) is 18.7. The lowest BCUT2D eigenvalue weighted by molar-refractivity contribution is -0.113. The lowest BCUT2D eigenvalue weighted by Crippen LogP contribution is -2.16. The predicted octanol–water partition coefficient (Wildman–Crippen LogP) is 3.55. The van der Waals surface area contributed by atoms with Crippen LogP contribution in [0.25, 0.3) is 0 Å². The van der Waals surface area contributed by atoms with Crippen LogP contribution < -0.4 is 5.32 Å². The first-order chi connectivity index (χ1) is 12.5. The number of aromatic nitrogens is 2. The van der Waals surface area contributed by atoms with E-state index in [1.165, 1.54) is 35.1 Å². The molecule has 2 heterocycles. The topological polar surface area (TPSA) is 81.2 Å². The zero-order valence-corrected chi connectivity index (χ0v) is 16.7. The number of carbonyl (C=O) groups is 2. The Balaban J connectivity index is 1.72. The van der Waals surface area contributed by atoms with Crippen molar-refractivity contribution in [1.29, 1.82) is 0 Å². The van der Waals surface area contributed by atoms with Crippen molar-refractivity contribution in [2.45, 2.75) is 44.7 Å². The number of thioether (sulfide) groups is 1. The molecule has 2 aromatic rings. The molecule has 0 aliphatic heterocycles. The molecule has 0 fully saturated rings. The van der Waals surface area contributed by atoms with Crippen LogP contribution in [0.15, 0.2) is 11.2 Å². The maximum Gasteiger partial charge on any atom is 0.341 e. The smallest absolute Gasteiger partial charge is 0.341 e. The minimum atomic E-state index is -0.384. The second-order valence-electron chi connectivity index (χ2n) is 6.18. The fourth-order valence-corrected chi connectivity index (χ4v) is 5.07. The molecule has 26 heavy (non-hydrogen) atoms. The first-order valence-electron chi connectivity index (χ1n) is 8.45. The molecule has 1 N–H and O–H groups in total. The quantitative estimate of drug-likeness (QED) is 0.477. The van der Waals surface area contributed by atoms with Crippen molar-refractivity contribution < 1.29 is 14.3 Å². The van der Waals surface area contributed by atoms with Gasteiger partial charge >= 0.3 is 5.97 Å². The number of rotatable bonds is 5. The molecule has 0 aromatic carbocycles. The molecule has 0 bridgehead atoms. The van der Waals surface area contributed by atoms with Crippen molar-refractivity contribution in [1.82, 2.24) is 9.97 Å². The summed E-state index contributed by atoms with van der Waals surface area (Å²) in [6, 6.07) is 1.89. The fraction of sp³-hybridized carbons (Fsp3) is 0.444. The summed E-state index contributed by atoms with van der Waals surface area (Å²) < 4.78 is 4.93. The minimum absolute atomic E-state index is 0.179. The molecule has 0 unspecified atom stereocenters. The standard InChI is InChI=1S/C18H21N3O3S2/c1-10-8-11(2)20-18(19-10)25-9-14(22)21-16-15(17(23)24-3)12-6-4-5-7-13(12)26-16/h8H,4-7,9H2,1-3H3,(H,21,22). The van der Waals surface area contributed by atoms with E-state index in [1.807, 2.05) is 19.9 Å². The third kappa shape index (κ3) is 4.24. The summed E-state index contributed by atoms with van der Waals surface area (Å²) in [5.74, 6) is -0.377. The summed E-state index contributed by atoms with van der Waals surface area (Å²) in [7, 11) is 1.37. The maximum atomic E-state index is 12.4. The van der Waals surface area contributed by atoms with Gasteiger partial charge in [-0.1, -0.05) is 11.8 Å². The average Bonchev–Trinajstić information content (AvgIpc) is 2.96. The van der Waals surface area contributed by atoms with Crippen molar-refractivity contribution in [2.24, 2.45) is 0 Å². The Morgan fingerprint density at radius 3 is 2.62 bits per heavy atom. The van der Waals surface area contributed by atoms with Crippen molar-refractivity contribution in [3.63, 3.8) is 0 Å². The van der Waals surface area contributed by atoms with E-state index in [0.29, 0.717) is 15.7 Å². The van der Waals surface area contributed by atoms with E-state index in [1.54, 1.807) is 0 Å². The van der Waals surface area contributed by atoms with Gasteiger partial charge in [0, 0.05) is 16.3 Å². The molecule has 0 saturated heterocycles. The van der Waals surface area contributed by atoms with Gasteiger partial charge in [-0.25, -0.2) is 14.8 Å². The van der Waals surface area contributed by atoms with Gasteiger partial charge in [0.05, 0.1) is 18.4 Å². The van der Waals surface area contributed by atoms with Gasteiger partial charge in [0.25, 0.3) is 0 Å². The number of ether oxygens (including phenoxy) is 1. The van der Waals surface area contributed by atoms with Crippen LogP contribution in [0.3, 0.4) is 0 Å². The molecule has 3 rings (SSSR count). The van der Waals surface area contributed by atoms with E-state index in [9.17, 15) is 9.59 Å². The number of anilines is 1. The van der Waals surface area contributed by atoms with E-state index in [-0.39, 0.29) is 17.6 Å². The molecule has 138 valence electrons. The molecular weight excluding hydrogens is 370 g/mol. The van der Waals surface area contributed by atoms with Crippen molar-refractivity contribution in [3.8, 4) is 0 Å². The second-order valence-corrected chi connectivity index (χ2v) is 8.22. The normalized spacial score (nSPS) is 13.2. The maximum absolute atomic E-state index is 12.4. The van der Waals surface area contributed by atoms with Crippen LogP contribution >= 0.6 is 23.1 Å². The minimum Gasteiger partial charge on any atom is -0.465 e. The highest BCUT2D eigenvalue weighted by atomic mass is 32.2. The third-order valence-corrected chi connectivity index (χ3v) is 6.16. The van der Waals surface area contributed by atoms with Gasteiger partial charge in [-0.2, -0.15) is 0 Å². The molecule has 0 radical (unpaired) electrons. The summed E-state index contributed by atoms with van der Waals surface area (Å²) in [5.41, 5.74) is 3.31. The van der Waals surface area contributed by atoms with Gasteiger partial charge < -0.3 is 10.1 Å². The predicted molar refractivity (Wildman–Crippen MR) is 103 cm³/mol. The van der Waals surface area contributed by atoms with Gasteiger partial charge in [0.15, 0.2) is 5.16 Å². The number of carbonyl (C=O) groups excluding carboxylic acids is 2. The van der Waals surface area contributed by atoms with Crippen molar-refractivity contribution in [3.05, 3.63) is 33.5 Å². The molecule has 0 atom stereocenters. The molecule has 0 spiro atoms. The summed E-state index contributed by atoms with van der Waals surface area (Å²) in [6.07, 6.45) is 3.98. The zero-order valence-electron chi connectivity index (χ0n) is 15.0. The largest absolute Gasteiger partial charge is 0.465 e. The molecule has 1 aliphatic rings. The van der Waals surface area contributed by atoms with Gasteiger partial charge in [-0.15, -0.1) is 11.3 Å². The molecule has 6 nitrogen and oxygen atoms in total. The van der Waals surface area contributed by atoms with Crippen LogP contribution in [0, 0.1) is 13.8 Å². The number of esters is 1. The highest BCUT2D eigenvalue weighted by molar-refractivity contribution is 7.99. The number of nitrogens with one attached hydrogen (secondary N) is 1. The highest BCUT2D eigenvalue weighted by Gasteiger charge is 2.26. The number of aryl methyl sites for hydroxylation is 3. The summed E-state index contributed by atoms with van der Waals surface area (Å²) >= 11 is 2.77. The van der Waals surface area contributed by atoms with Crippen LogP contribution in [-0.4, -0.2) is 34.7 Å². The first-order valence-corrected chi connectivity index (χ1v) is 10.3. The highest BCUT2D eigenvalue weighted by Crippen LogP contribution is 2.38. The third-order valence-electron chi connectivity index (χ3n) is 4.11. The van der Waals surface area contributed by atoms with Gasteiger partial charge in [-0.3, -0.25) is 4.79 Å². The van der Waals surface area contributed by atoms with E-state index < -0.39 is 0 Å². The summed E-state index contributed by atoms with van der Waals surface area (Å²) in [4.78, 5) is 34.4. The Hall–Kier alpha value is -1.93. The van der Waals surface area contributed by atoms with E-state index in [4.69, 9.17) is 4.74 Å². The Kier molecular flexibility index (Phi) is 5.93. The van der Waals surface area contributed by atoms with Crippen LogP contribution in [0.1, 0.15) is 45.0 Å². The van der Waals surface area contributed by atoms with Crippen LogP contribution in [-0.2, 0) is 22.4 Å². The lowest BCUT2D eigenvalue weighted by atomic mass is 9.95. The van der Waals surface area contributed by atoms with Gasteiger partial charge in [0.1, 0.15) is 5.00 Å². The molecular formula is C18H21N3O3S2. The number of nitrogens with zero attached hydrogens (tertiary/aromatic N) is 2. The number of hydrogen-bond acceptors (Lipinski definition) is 7. The average molecular weight is 392 g/mol. The molecule has 2 aromatic heterocycles. The molecule has 0 saturated carbocycles. The Morgan fingerprint density at radius 1 is 1.23 bits per heavy atom. The van der Waals surface area contributed by atoms with E-state index in [2.05, 4.69) is 15.3 Å². The monoisotopic (exact) mass is 391 g/mol. The van der Waals surface area contributed by atoms with Crippen LogP contribution in [0.2, 0.25) is 0 Å². The van der Waals surface area contributed by atoms with Crippen LogP contribution in [0.5, 0.6) is 0 Å². The second kappa shape index (κ2) is 8.18. The van der Waals surface area contributed by atoms with Crippen molar-refractivity contribution in [2.75, 3.05) is 18.2 Å². The van der Waals surface area contributed by atoms with E-state index >= 15 is 0 Å². The van der Waals surface area contributed by atoms with Gasteiger partial charge in [0.2, 0.25) is 5.91 Å². The first kappa shape index (κ1) is 18.8. The molecule has 8 heteroatoms. The van der Waals surface area contributed by atoms with Crippen molar-refractivity contribution >= 4 is 40.0 Å². The van der Waals surface area contributed by atoms with E-state index in [0.717, 1.165) is 42.6 Å². The SMILES string of the molecule is COC(=O)c1c(NC(=O)CSc2nc(C)cc(C)n2)sc2c1CCCC2. The fourth-order valence-electron chi connectivity index (χ4n) is 3.02. The molecule has 1 aliphatic carbocycles. The number of fused-ring (bicyclic) bond motifs is 1. The summed E-state index contributed by atoms with van der Waals surface area (Å²) in [5, 5.41) is 4.06. The number of amides is 1. The summed E-state index contributed by atoms with van der Waals surface area (Å²) in [6.45, 7) is 3.80. The number of methoxy groups -OCH3 is 1.